The van der Waals surface area contributed by atoms with Crippen LogP contribution in [0.25, 0.3) is 0 Å². The summed E-state index contributed by atoms with van der Waals surface area (Å²) in [4.78, 5) is 6.71. The van der Waals surface area contributed by atoms with Gasteiger partial charge in [0, 0.05) is 44.4 Å². The summed E-state index contributed by atoms with van der Waals surface area (Å²) in [5.74, 6) is 0. The first-order chi connectivity index (χ1) is 11.8. The maximum Gasteiger partial charge on any atom is 0.417 e. The molecule has 1 aliphatic rings. The van der Waals surface area contributed by atoms with Crippen LogP contribution in [0.3, 0.4) is 0 Å². The highest BCUT2D eigenvalue weighted by Gasteiger charge is 2.42. The Labute approximate surface area is 142 Å². The first kappa shape index (κ1) is 17.8. The Bertz CT molecular complexity index is 843. The lowest BCUT2D eigenvalue weighted by atomic mass is 10.1. The van der Waals surface area contributed by atoms with Crippen LogP contribution in [0.1, 0.15) is 17.2 Å². The highest BCUT2D eigenvalue weighted by atomic mass is 32.2. The summed E-state index contributed by atoms with van der Waals surface area (Å²) < 4.78 is 66.7. The van der Waals surface area contributed by atoms with Gasteiger partial charge in [-0.2, -0.15) is 17.5 Å². The van der Waals surface area contributed by atoms with Crippen molar-refractivity contribution in [1.82, 2.24) is 19.6 Å². The van der Waals surface area contributed by atoms with E-state index < -0.39 is 32.7 Å². The molecule has 10 heteroatoms. The zero-order valence-electron chi connectivity index (χ0n) is 12.9. The van der Waals surface area contributed by atoms with Crippen molar-refractivity contribution in [2.45, 2.75) is 17.1 Å². The minimum atomic E-state index is -4.79. The molecule has 1 N–H and O–H groups in total. The van der Waals surface area contributed by atoms with Crippen LogP contribution in [-0.2, 0) is 16.2 Å². The average molecular weight is 372 g/mol. The fourth-order valence-corrected chi connectivity index (χ4v) is 4.55. The molecule has 134 valence electrons. The van der Waals surface area contributed by atoms with Gasteiger partial charge in [-0.3, -0.25) is 9.97 Å². The minimum absolute atomic E-state index is 0.0497. The Hall–Kier alpha value is -2.04. The second-order valence-electron chi connectivity index (χ2n) is 5.49. The number of piperazine rings is 1. The van der Waals surface area contributed by atoms with Gasteiger partial charge in [-0.1, -0.05) is 6.07 Å². The molecule has 0 amide bonds. The fraction of sp³-hybridized carbons (Fsp3) is 0.333. The summed E-state index contributed by atoms with van der Waals surface area (Å²) in [5, 5.41) is 3.06. The van der Waals surface area contributed by atoms with E-state index in [1.165, 1.54) is 6.20 Å². The molecule has 1 atom stereocenters. The Kier molecular flexibility index (Phi) is 4.76. The molecular weight excluding hydrogens is 357 g/mol. The van der Waals surface area contributed by atoms with E-state index in [0.29, 0.717) is 18.2 Å². The van der Waals surface area contributed by atoms with E-state index in [2.05, 4.69) is 15.3 Å². The van der Waals surface area contributed by atoms with Crippen molar-refractivity contribution in [2.75, 3.05) is 19.6 Å². The summed E-state index contributed by atoms with van der Waals surface area (Å²) in [5.41, 5.74) is -0.610. The van der Waals surface area contributed by atoms with Crippen LogP contribution >= 0.6 is 0 Å². The third kappa shape index (κ3) is 3.51. The molecule has 0 spiro atoms. The average Bonchev–Trinajstić information content (AvgIpc) is 2.62. The molecule has 2 aromatic rings. The second kappa shape index (κ2) is 6.70. The zero-order chi connectivity index (χ0) is 18.1. The lowest BCUT2D eigenvalue weighted by Crippen LogP contribution is -2.48. The van der Waals surface area contributed by atoms with Crippen LogP contribution in [0.5, 0.6) is 0 Å². The molecule has 0 aliphatic carbocycles. The molecule has 0 radical (unpaired) electrons. The number of alkyl halides is 3. The summed E-state index contributed by atoms with van der Waals surface area (Å²) in [7, 11) is -4.39. The molecule has 1 unspecified atom stereocenters. The van der Waals surface area contributed by atoms with Crippen LogP contribution < -0.4 is 5.32 Å². The number of halogens is 3. The predicted octanol–water partition coefficient (Wildman–Crippen LogP) is 1.83. The van der Waals surface area contributed by atoms with Crippen LogP contribution in [0.2, 0.25) is 0 Å². The molecule has 0 saturated carbocycles. The largest absolute Gasteiger partial charge is 0.417 e. The van der Waals surface area contributed by atoms with Crippen LogP contribution in [0.4, 0.5) is 13.2 Å². The Morgan fingerprint density at radius 3 is 2.60 bits per heavy atom. The van der Waals surface area contributed by atoms with Gasteiger partial charge in [0.05, 0.1) is 11.6 Å². The second-order valence-corrected chi connectivity index (χ2v) is 7.35. The smallest absolute Gasteiger partial charge is 0.313 e. The van der Waals surface area contributed by atoms with Gasteiger partial charge in [0.2, 0.25) is 10.0 Å². The number of pyridine rings is 2. The van der Waals surface area contributed by atoms with E-state index in [1.54, 1.807) is 18.3 Å². The van der Waals surface area contributed by atoms with Gasteiger partial charge >= 0.3 is 6.18 Å². The van der Waals surface area contributed by atoms with Crippen molar-refractivity contribution in [3.8, 4) is 0 Å². The predicted molar refractivity (Wildman–Crippen MR) is 83.0 cm³/mol. The molecule has 1 saturated heterocycles. The third-order valence-corrected chi connectivity index (χ3v) is 5.88. The van der Waals surface area contributed by atoms with Crippen LogP contribution in [-0.4, -0.2) is 42.3 Å². The van der Waals surface area contributed by atoms with Gasteiger partial charge in [-0.15, -0.1) is 0 Å². The Morgan fingerprint density at radius 2 is 1.92 bits per heavy atom. The van der Waals surface area contributed by atoms with Crippen molar-refractivity contribution in [3.05, 3.63) is 54.1 Å². The van der Waals surface area contributed by atoms with Gasteiger partial charge in [-0.25, -0.2) is 8.42 Å². The first-order valence-electron chi connectivity index (χ1n) is 7.45. The number of hydrogen-bond donors (Lipinski definition) is 1. The summed E-state index contributed by atoms with van der Waals surface area (Å²) in [6.45, 7) is 0.679. The minimum Gasteiger partial charge on any atom is -0.313 e. The SMILES string of the molecule is O=S(=O)(c1cnccc1C(F)(F)F)N1CCNCC1c1cccnc1. The molecule has 2 aromatic heterocycles. The molecule has 1 aliphatic heterocycles. The van der Waals surface area contributed by atoms with Crippen molar-refractivity contribution in [2.24, 2.45) is 0 Å². The van der Waals surface area contributed by atoms with Crippen molar-refractivity contribution in [1.29, 1.82) is 0 Å². The van der Waals surface area contributed by atoms with E-state index in [4.69, 9.17) is 0 Å². The maximum atomic E-state index is 13.2. The van der Waals surface area contributed by atoms with Gasteiger partial charge in [-0.05, 0) is 17.7 Å². The van der Waals surface area contributed by atoms with Gasteiger partial charge in [0.1, 0.15) is 4.90 Å². The molecule has 6 nitrogen and oxygen atoms in total. The van der Waals surface area contributed by atoms with Gasteiger partial charge in [0.25, 0.3) is 0 Å². The fourth-order valence-electron chi connectivity index (χ4n) is 2.78. The summed E-state index contributed by atoms with van der Waals surface area (Å²) in [6.07, 6.45) is -0.0581. The molecule has 3 heterocycles. The highest BCUT2D eigenvalue weighted by Crippen LogP contribution is 2.36. The third-order valence-electron chi connectivity index (χ3n) is 3.94. The highest BCUT2D eigenvalue weighted by molar-refractivity contribution is 7.89. The monoisotopic (exact) mass is 372 g/mol. The van der Waals surface area contributed by atoms with E-state index in [9.17, 15) is 21.6 Å². The van der Waals surface area contributed by atoms with E-state index in [0.717, 1.165) is 16.7 Å². The van der Waals surface area contributed by atoms with Gasteiger partial charge in [0.15, 0.2) is 0 Å². The summed E-state index contributed by atoms with van der Waals surface area (Å²) in [6, 6.07) is 3.38. The van der Waals surface area contributed by atoms with Crippen molar-refractivity contribution in [3.63, 3.8) is 0 Å². The van der Waals surface area contributed by atoms with E-state index >= 15 is 0 Å². The summed E-state index contributed by atoms with van der Waals surface area (Å²) >= 11 is 0. The van der Waals surface area contributed by atoms with Gasteiger partial charge < -0.3 is 5.32 Å². The lowest BCUT2D eigenvalue weighted by molar-refractivity contribution is -0.140. The Balaban J connectivity index is 2.07. The van der Waals surface area contributed by atoms with Crippen molar-refractivity contribution >= 4 is 10.0 Å². The van der Waals surface area contributed by atoms with Crippen molar-refractivity contribution < 1.29 is 21.6 Å². The molecular formula is C15H15F3N4O2S. The number of aromatic nitrogens is 2. The molecule has 0 bridgehead atoms. The van der Waals surface area contributed by atoms with Crippen LogP contribution in [0.15, 0.2) is 47.9 Å². The topological polar surface area (TPSA) is 75.2 Å². The maximum absolute atomic E-state index is 13.2. The number of hydrogen-bond acceptors (Lipinski definition) is 5. The van der Waals surface area contributed by atoms with E-state index in [-0.39, 0.29) is 13.1 Å². The van der Waals surface area contributed by atoms with Crippen LogP contribution in [0, 0.1) is 0 Å². The number of sulfonamides is 1. The molecule has 0 aromatic carbocycles. The number of rotatable bonds is 3. The Morgan fingerprint density at radius 1 is 1.16 bits per heavy atom. The quantitative estimate of drug-likeness (QED) is 0.890. The zero-order valence-corrected chi connectivity index (χ0v) is 13.8. The van der Waals surface area contributed by atoms with E-state index in [1.807, 2.05) is 0 Å². The normalized spacial score (nSPS) is 19.7. The molecule has 3 rings (SSSR count). The number of nitrogens with zero attached hydrogens (tertiary/aromatic N) is 3. The standard InChI is InChI=1S/C15H15F3N4O2S/c16-15(17,18)12-3-5-20-10-14(12)25(23,24)22-7-6-21-9-13(22)11-2-1-4-19-8-11/h1-5,8,10,13,21H,6-7,9H2. The first-order valence-corrected chi connectivity index (χ1v) is 8.89. The number of nitrogens with one attached hydrogen (secondary N) is 1. The molecule has 1 fully saturated rings. The molecule has 25 heavy (non-hydrogen) atoms. The lowest BCUT2D eigenvalue weighted by Gasteiger charge is -2.35.